The minimum atomic E-state index is -0.665. The molecule has 1 aromatic rings. The Morgan fingerprint density at radius 1 is 1.24 bits per heavy atom. The van der Waals surface area contributed by atoms with Gasteiger partial charge >= 0.3 is 0 Å². The molecular formula is C13H14N2O2. The summed E-state index contributed by atoms with van der Waals surface area (Å²) in [5.41, 5.74) is 2.12. The number of rotatable bonds is 4. The molecule has 0 bridgehead atoms. The number of isocyanates is 2. The molecule has 4 heteroatoms. The van der Waals surface area contributed by atoms with Crippen molar-refractivity contribution in [1.82, 2.24) is 0 Å². The van der Waals surface area contributed by atoms with Gasteiger partial charge in [0.1, 0.15) is 0 Å². The van der Waals surface area contributed by atoms with Gasteiger partial charge in [0.15, 0.2) is 0 Å². The van der Waals surface area contributed by atoms with Crippen LogP contribution in [0, 0.1) is 6.92 Å². The minimum Gasteiger partial charge on any atom is -0.211 e. The standard InChI is InChI=1S/C13H14N2O2/c1-10-5-4-6-12(11(10)7-14-8-16)13(2,3)15-9-17/h4-6H,7H2,1-3H3. The van der Waals surface area contributed by atoms with Gasteiger partial charge in [-0.1, -0.05) is 18.2 Å². The molecule has 0 saturated heterocycles. The summed E-state index contributed by atoms with van der Waals surface area (Å²) in [7, 11) is 0. The van der Waals surface area contributed by atoms with E-state index in [1.807, 2.05) is 39.0 Å². The summed E-state index contributed by atoms with van der Waals surface area (Å²) >= 11 is 0. The van der Waals surface area contributed by atoms with Crippen LogP contribution >= 0.6 is 0 Å². The summed E-state index contributed by atoms with van der Waals surface area (Å²) in [6, 6.07) is 5.70. The zero-order valence-electron chi connectivity index (χ0n) is 10.2. The van der Waals surface area contributed by atoms with Gasteiger partial charge in [0.05, 0.1) is 12.1 Å². The van der Waals surface area contributed by atoms with Gasteiger partial charge in [-0.05, 0) is 37.5 Å². The van der Waals surface area contributed by atoms with Crippen LogP contribution < -0.4 is 0 Å². The maximum Gasteiger partial charge on any atom is 0.235 e. The average molecular weight is 230 g/mol. The summed E-state index contributed by atoms with van der Waals surface area (Å²) in [4.78, 5) is 28.0. The highest BCUT2D eigenvalue weighted by atomic mass is 16.1. The normalized spacial score (nSPS) is 10.3. The number of aryl methyl sites for hydroxylation is 1. The van der Waals surface area contributed by atoms with E-state index in [1.54, 1.807) is 6.08 Å². The lowest BCUT2D eigenvalue weighted by molar-refractivity contribution is 0.519. The summed E-state index contributed by atoms with van der Waals surface area (Å²) in [6.45, 7) is 5.82. The van der Waals surface area contributed by atoms with Gasteiger partial charge in [-0.3, -0.25) is 0 Å². The number of hydrogen-bond acceptors (Lipinski definition) is 4. The molecule has 0 unspecified atom stereocenters. The van der Waals surface area contributed by atoms with Crippen LogP contribution in [-0.4, -0.2) is 12.2 Å². The van der Waals surface area contributed by atoms with E-state index in [9.17, 15) is 9.59 Å². The lowest BCUT2D eigenvalue weighted by Gasteiger charge is -2.22. The molecule has 0 heterocycles. The maximum absolute atomic E-state index is 10.4. The van der Waals surface area contributed by atoms with E-state index in [1.165, 1.54) is 6.08 Å². The van der Waals surface area contributed by atoms with Crippen molar-refractivity contribution >= 4 is 12.2 Å². The van der Waals surface area contributed by atoms with E-state index in [2.05, 4.69) is 9.98 Å². The van der Waals surface area contributed by atoms with Crippen LogP contribution in [-0.2, 0) is 21.7 Å². The first-order chi connectivity index (χ1) is 8.03. The van der Waals surface area contributed by atoms with Crippen molar-refractivity contribution in [2.45, 2.75) is 32.9 Å². The van der Waals surface area contributed by atoms with Gasteiger partial charge in [0, 0.05) is 0 Å². The van der Waals surface area contributed by atoms with Crippen LogP contribution in [0.15, 0.2) is 28.2 Å². The lowest BCUT2D eigenvalue weighted by Crippen LogP contribution is -2.16. The maximum atomic E-state index is 10.4. The molecule has 0 aromatic heterocycles. The minimum absolute atomic E-state index is 0.253. The number of hydrogen-bond donors (Lipinski definition) is 0. The molecule has 0 aliphatic heterocycles. The highest BCUT2D eigenvalue weighted by Crippen LogP contribution is 2.29. The monoisotopic (exact) mass is 230 g/mol. The quantitative estimate of drug-likeness (QED) is 0.589. The molecule has 0 spiro atoms. The van der Waals surface area contributed by atoms with E-state index in [0.29, 0.717) is 0 Å². The molecule has 17 heavy (non-hydrogen) atoms. The van der Waals surface area contributed by atoms with Crippen molar-refractivity contribution < 1.29 is 9.59 Å². The fourth-order valence-corrected chi connectivity index (χ4v) is 1.77. The highest BCUT2D eigenvalue weighted by Gasteiger charge is 2.23. The Labute approximate surface area is 100 Å². The van der Waals surface area contributed by atoms with Crippen molar-refractivity contribution in [3.05, 3.63) is 34.9 Å². The lowest BCUT2D eigenvalue weighted by atomic mass is 9.88. The predicted octanol–water partition coefficient (Wildman–Crippen LogP) is 2.40. The van der Waals surface area contributed by atoms with E-state index in [0.717, 1.165) is 16.7 Å². The smallest absolute Gasteiger partial charge is 0.211 e. The Balaban J connectivity index is 3.37. The largest absolute Gasteiger partial charge is 0.235 e. The molecule has 0 saturated carbocycles. The van der Waals surface area contributed by atoms with E-state index < -0.39 is 5.54 Å². The molecule has 0 fully saturated rings. The first-order valence-electron chi connectivity index (χ1n) is 5.24. The van der Waals surface area contributed by atoms with Gasteiger partial charge in [-0.2, -0.15) is 4.99 Å². The Bertz CT molecular complexity index is 508. The van der Waals surface area contributed by atoms with Crippen molar-refractivity contribution in [3.63, 3.8) is 0 Å². The molecule has 4 nitrogen and oxygen atoms in total. The van der Waals surface area contributed by atoms with Gasteiger partial charge in [-0.15, -0.1) is 0 Å². The molecule has 88 valence electrons. The molecule has 0 amide bonds. The highest BCUT2D eigenvalue weighted by molar-refractivity contribution is 5.44. The molecule has 1 rings (SSSR count). The van der Waals surface area contributed by atoms with Crippen molar-refractivity contribution in [1.29, 1.82) is 0 Å². The fraction of sp³-hybridized carbons (Fsp3) is 0.385. The number of carbonyl (C=O) groups excluding carboxylic acids is 2. The predicted molar refractivity (Wildman–Crippen MR) is 64.2 cm³/mol. The van der Waals surface area contributed by atoms with Crippen molar-refractivity contribution in [2.24, 2.45) is 9.98 Å². The van der Waals surface area contributed by atoms with Crippen molar-refractivity contribution in [3.8, 4) is 0 Å². The van der Waals surface area contributed by atoms with Crippen molar-refractivity contribution in [2.75, 3.05) is 0 Å². The second kappa shape index (κ2) is 5.35. The van der Waals surface area contributed by atoms with Gasteiger partial charge in [-0.25, -0.2) is 14.6 Å². The molecule has 1 aromatic carbocycles. The van der Waals surface area contributed by atoms with Gasteiger partial charge < -0.3 is 0 Å². The molecule has 0 aliphatic rings. The van der Waals surface area contributed by atoms with E-state index >= 15 is 0 Å². The summed E-state index contributed by atoms with van der Waals surface area (Å²) in [5.74, 6) is 0. The molecule has 0 radical (unpaired) electrons. The van der Waals surface area contributed by atoms with Crippen LogP contribution in [0.5, 0.6) is 0 Å². The van der Waals surface area contributed by atoms with E-state index in [-0.39, 0.29) is 6.54 Å². The summed E-state index contributed by atoms with van der Waals surface area (Å²) < 4.78 is 0. The third-order valence-electron chi connectivity index (χ3n) is 2.70. The number of aliphatic imine (C=N–C) groups is 2. The van der Waals surface area contributed by atoms with Crippen LogP contribution in [0.3, 0.4) is 0 Å². The number of benzene rings is 1. The van der Waals surface area contributed by atoms with Gasteiger partial charge in [0.2, 0.25) is 12.2 Å². The van der Waals surface area contributed by atoms with Gasteiger partial charge in [0.25, 0.3) is 0 Å². The zero-order chi connectivity index (χ0) is 12.9. The third kappa shape index (κ3) is 2.97. The Morgan fingerprint density at radius 3 is 2.53 bits per heavy atom. The van der Waals surface area contributed by atoms with Crippen LogP contribution in [0.2, 0.25) is 0 Å². The molecule has 0 N–H and O–H groups in total. The van der Waals surface area contributed by atoms with Crippen LogP contribution in [0.1, 0.15) is 30.5 Å². The topological polar surface area (TPSA) is 58.9 Å². The van der Waals surface area contributed by atoms with Crippen LogP contribution in [0.4, 0.5) is 0 Å². The SMILES string of the molecule is Cc1cccc(C(C)(C)N=C=O)c1CN=C=O. The van der Waals surface area contributed by atoms with E-state index in [4.69, 9.17) is 0 Å². The van der Waals surface area contributed by atoms with Crippen LogP contribution in [0.25, 0.3) is 0 Å². The first-order valence-corrected chi connectivity index (χ1v) is 5.24. The fourth-order valence-electron chi connectivity index (χ4n) is 1.77. The molecular weight excluding hydrogens is 216 g/mol. The second-order valence-electron chi connectivity index (χ2n) is 4.27. The second-order valence-corrected chi connectivity index (χ2v) is 4.27. The summed E-state index contributed by atoms with van der Waals surface area (Å²) in [5, 5.41) is 0. The molecule has 0 aliphatic carbocycles. The Kier molecular flexibility index (Phi) is 4.11. The average Bonchev–Trinajstić information content (AvgIpc) is 2.27. The third-order valence-corrected chi connectivity index (χ3v) is 2.70. The first kappa shape index (κ1) is 13.0. The Hall–Kier alpha value is -2.02. The Morgan fingerprint density at radius 2 is 1.94 bits per heavy atom. The summed E-state index contributed by atoms with van der Waals surface area (Å²) in [6.07, 6.45) is 3.10. The zero-order valence-corrected chi connectivity index (χ0v) is 10.2. The molecule has 0 atom stereocenters. The number of nitrogens with zero attached hydrogens (tertiary/aromatic N) is 2.